The average Bonchev–Trinajstić information content (AvgIpc) is 2.99. The fraction of sp³-hybridized carbons (Fsp3) is 0.294. The summed E-state index contributed by atoms with van der Waals surface area (Å²) >= 11 is 0. The SMILES string of the molecule is COc1ccc2c(OC(C)(C)C)cc(-n3cccn3)nc2c1. The smallest absolute Gasteiger partial charge is 0.157 e. The Morgan fingerprint density at radius 2 is 1.95 bits per heavy atom. The molecule has 0 amide bonds. The standard InChI is InChI=1S/C17H19N3O2/c1-17(2,3)22-15-11-16(20-9-5-8-18-20)19-14-10-12(21-4)6-7-13(14)15/h5-11H,1-4H3. The molecular weight excluding hydrogens is 278 g/mol. The van der Waals surface area contributed by atoms with Gasteiger partial charge in [0.05, 0.1) is 12.6 Å². The van der Waals surface area contributed by atoms with Crippen molar-refractivity contribution < 1.29 is 9.47 Å². The zero-order valence-electron chi connectivity index (χ0n) is 13.2. The van der Waals surface area contributed by atoms with Crippen LogP contribution in [0.4, 0.5) is 0 Å². The summed E-state index contributed by atoms with van der Waals surface area (Å²) in [4.78, 5) is 4.66. The maximum absolute atomic E-state index is 6.11. The molecule has 5 nitrogen and oxygen atoms in total. The lowest BCUT2D eigenvalue weighted by Gasteiger charge is -2.23. The van der Waals surface area contributed by atoms with E-state index in [2.05, 4.69) is 10.1 Å². The third kappa shape index (κ3) is 2.88. The van der Waals surface area contributed by atoms with Crippen LogP contribution in [-0.4, -0.2) is 27.5 Å². The number of hydrogen-bond donors (Lipinski definition) is 0. The minimum Gasteiger partial charge on any atom is -0.497 e. The zero-order valence-corrected chi connectivity index (χ0v) is 13.2. The number of ether oxygens (including phenoxy) is 2. The van der Waals surface area contributed by atoms with E-state index >= 15 is 0 Å². The molecule has 0 radical (unpaired) electrons. The topological polar surface area (TPSA) is 49.2 Å². The highest BCUT2D eigenvalue weighted by atomic mass is 16.5. The molecule has 0 atom stereocenters. The van der Waals surface area contributed by atoms with Gasteiger partial charge in [0.15, 0.2) is 5.82 Å². The molecule has 22 heavy (non-hydrogen) atoms. The quantitative estimate of drug-likeness (QED) is 0.741. The van der Waals surface area contributed by atoms with Crippen LogP contribution in [0.2, 0.25) is 0 Å². The Hall–Kier alpha value is -2.56. The first kappa shape index (κ1) is 14.4. The van der Waals surface area contributed by atoms with Crippen LogP contribution in [0.5, 0.6) is 11.5 Å². The molecule has 1 aromatic carbocycles. The summed E-state index contributed by atoms with van der Waals surface area (Å²) in [6, 6.07) is 9.55. The first-order valence-corrected chi connectivity index (χ1v) is 7.14. The second kappa shape index (κ2) is 5.33. The molecule has 114 valence electrons. The summed E-state index contributed by atoms with van der Waals surface area (Å²) in [5.74, 6) is 2.26. The van der Waals surface area contributed by atoms with E-state index in [1.165, 1.54) is 0 Å². The second-order valence-corrected chi connectivity index (χ2v) is 6.03. The van der Waals surface area contributed by atoms with Crippen LogP contribution in [0.15, 0.2) is 42.7 Å². The molecule has 2 heterocycles. The van der Waals surface area contributed by atoms with Crippen molar-refractivity contribution in [3.8, 4) is 17.3 Å². The average molecular weight is 297 g/mol. The summed E-state index contributed by atoms with van der Waals surface area (Å²) in [5, 5.41) is 5.19. The van der Waals surface area contributed by atoms with Crippen molar-refractivity contribution in [1.29, 1.82) is 0 Å². The van der Waals surface area contributed by atoms with Gasteiger partial charge >= 0.3 is 0 Å². The largest absolute Gasteiger partial charge is 0.497 e. The molecule has 0 N–H and O–H groups in total. The van der Waals surface area contributed by atoms with E-state index in [0.29, 0.717) is 5.82 Å². The van der Waals surface area contributed by atoms with Crippen molar-refractivity contribution in [3.63, 3.8) is 0 Å². The molecule has 0 saturated heterocycles. The maximum Gasteiger partial charge on any atom is 0.157 e. The molecule has 3 rings (SSSR count). The van der Waals surface area contributed by atoms with E-state index < -0.39 is 0 Å². The van der Waals surface area contributed by atoms with Gasteiger partial charge < -0.3 is 9.47 Å². The predicted molar refractivity (Wildman–Crippen MR) is 85.8 cm³/mol. The van der Waals surface area contributed by atoms with Gasteiger partial charge in [0.25, 0.3) is 0 Å². The second-order valence-electron chi connectivity index (χ2n) is 6.03. The number of rotatable bonds is 3. The molecule has 0 aliphatic rings. The Kier molecular flexibility index (Phi) is 3.48. The molecule has 0 spiro atoms. The van der Waals surface area contributed by atoms with Gasteiger partial charge in [-0.1, -0.05) is 0 Å². The van der Waals surface area contributed by atoms with Crippen molar-refractivity contribution in [3.05, 3.63) is 42.7 Å². The minimum absolute atomic E-state index is 0.296. The normalized spacial score (nSPS) is 11.6. The Labute approximate surface area is 129 Å². The fourth-order valence-electron chi connectivity index (χ4n) is 2.23. The number of hydrogen-bond acceptors (Lipinski definition) is 4. The minimum atomic E-state index is -0.296. The molecule has 0 aliphatic heterocycles. The van der Waals surface area contributed by atoms with Crippen LogP contribution in [0.25, 0.3) is 16.7 Å². The van der Waals surface area contributed by atoms with Crippen LogP contribution in [0.1, 0.15) is 20.8 Å². The van der Waals surface area contributed by atoms with Crippen molar-refractivity contribution in [2.24, 2.45) is 0 Å². The van der Waals surface area contributed by atoms with Gasteiger partial charge in [-0.05, 0) is 39.0 Å². The van der Waals surface area contributed by atoms with Crippen molar-refractivity contribution >= 4 is 10.9 Å². The van der Waals surface area contributed by atoms with Gasteiger partial charge in [0.1, 0.15) is 17.1 Å². The van der Waals surface area contributed by atoms with Crippen molar-refractivity contribution in [2.75, 3.05) is 7.11 Å². The number of aromatic nitrogens is 3. The van der Waals surface area contributed by atoms with E-state index in [0.717, 1.165) is 22.4 Å². The van der Waals surface area contributed by atoms with Gasteiger partial charge in [-0.2, -0.15) is 5.10 Å². The summed E-state index contributed by atoms with van der Waals surface area (Å²) in [6.07, 6.45) is 3.58. The third-order valence-corrected chi connectivity index (χ3v) is 3.12. The lowest BCUT2D eigenvalue weighted by Crippen LogP contribution is -2.23. The van der Waals surface area contributed by atoms with Gasteiger partial charge in [0.2, 0.25) is 0 Å². The first-order chi connectivity index (χ1) is 10.5. The van der Waals surface area contributed by atoms with Crippen LogP contribution < -0.4 is 9.47 Å². The molecule has 0 unspecified atom stereocenters. The maximum atomic E-state index is 6.11. The van der Waals surface area contributed by atoms with Crippen LogP contribution in [0, 0.1) is 0 Å². The summed E-state index contributed by atoms with van der Waals surface area (Å²) < 4.78 is 13.1. The molecule has 5 heteroatoms. The summed E-state index contributed by atoms with van der Waals surface area (Å²) in [5.41, 5.74) is 0.516. The first-order valence-electron chi connectivity index (χ1n) is 7.14. The third-order valence-electron chi connectivity index (χ3n) is 3.12. The Morgan fingerprint density at radius 1 is 1.14 bits per heavy atom. The van der Waals surface area contributed by atoms with Crippen molar-refractivity contribution in [1.82, 2.24) is 14.8 Å². The number of benzene rings is 1. The lowest BCUT2D eigenvalue weighted by molar-refractivity contribution is 0.133. The molecule has 0 aliphatic carbocycles. The Morgan fingerprint density at radius 3 is 2.59 bits per heavy atom. The van der Waals surface area contributed by atoms with Gasteiger partial charge in [0, 0.05) is 29.9 Å². The number of methoxy groups -OCH3 is 1. The molecular formula is C17H19N3O2. The molecule has 0 bridgehead atoms. The number of nitrogens with zero attached hydrogens (tertiary/aromatic N) is 3. The van der Waals surface area contributed by atoms with Crippen LogP contribution >= 0.6 is 0 Å². The lowest BCUT2D eigenvalue weighted by atomic mass is 10.1. The van der Waals surface area contributed by atoms with E-state index in [1.807, 2.05) is 57.3 Å². The fourth-order valence-corrected chi connectivity index (χ4v) is 2.23. The molecule has 3 aromatic rings. The Balaban J connectivity index is 2.21. The monoisotopic (exact) mass is 297 g/mol. The van der Waals surface area contributed by atoms with Crippen LogP contribution in [0.3, 0.4) is 0 Å². The zero-order chi connectivity index (χ0) is 15.7. The van der Waals surface area contributed by atoms with Gasteiger partial charge in [-0.25, -0.2) is 9.67 Å². The highest BCUT2D eigenvalue weighted by Gasteiger charge is 2.16. The summed E-state index contributed by atoms with van der Waals surface area (Å²) in [7, 11) is 1.64. The van der Waals surface area contributed by atoms with Gasteiger partial charge in [-0.15, -0.1) is 0 Å². The Bertz CT molecular complexity index is 790. The summed E-state index contributed by atoms with van der Waals surface area (Å²) in [6.45, 7) is 6.07. The number of pyridine rings is 1. The molecule has 0 saturated carbocycles. The van der Waals surface area contributed by atoms with E-state index in [4.69, 9.17) is 9.47 Å². The highest BCUT2D eigenvalue weighted by molar-refractivity contribution is 5.87. The van der Waals surface area contributed by atoms with E-state index in [-0.39, 0.29) is 5.60 Å². The van der Waals surface area contributed by atoms with E-state index in [9.17, 15) is 0 Å². The van der Waals surface area contributed by atoms with Crippen molar-refractivity contribution in [2.45, 2.75) is 26.4 Å². The molecule has 2 aromatic heterocycles. The van der Waals surface area contributed by atoms with E-state index in [1.54, 1.807) is 18.0 Å². The predicted octanol–water partition coefficient (Wildman–Crippen LogP) is 3.61. The van der Waals surface area contributed by atoms with Crippen LogP contribution in [-0.2, 0) is 0 Å². The van der Waals surface area contributed by atoms with Gasteiger partial charge in [-0.3, -0.25) is 0 Å². The highest BCUT2D eigenvalue weighted by Crippen LogP contribution is 2.31. The molecule has 0 fully saturated rings. The number of fused-ring (bicyclic) bond motifs is 1.